The summed E-state index contributed by atoms with van der Waals surface area (Å²) in [6, 6.07) is 0. The molecule has 0 aromatic heterocycles. The molecule has 3 heteroatoms. The van der Waals surface area contributed by atoms with Crippen molar-refractivity contribution in [3.8, 4) is 0 Å². The van der Waals surface area contributed by atoms with Gasteiger partial charge in [0.1, 0.15) is 0 Å². The van der Waals surface area contributed by atoms with Gasteiger partial charge in [-0.1, -0.05) is 0 Å². The topological polar surface area (TPSA) is 38.7 Å². The zero-order chi connectivity index (χ0) is 7.42. The van der Waals surface area contributed by atoms with Crippen molar-refractivity contribution in [1.82, 2.24) is 0 Å². The first-order valence-corrected chi connectivity index (χ1v) is 4.32. The smallest absolute Gasteiger partial charge is 0.158 e. The molecule has 3 fully saturated rings. The van der Waals surface area contributed by atoms with Crippen molar-refractivity contribution in [1.29, 1.82) is 0 Å². The molecule has 2 heterocycles. The van der Waals surface area contributed by atoms with Gasteiger partial charge in [0.05, 0.1) is 18.3 Å². The van der Waals surface area contributed by atoms with E-state index in [1.54, 1.807) is 0 Å². The fraction of sp³-hybridized carbons (Fsp3) is 1.00. The van der Waals surface area contributed by atoms with Gasteiger partial charge in [-0.15, -0.1) is 0 Å². The third kappa shape index (κ3) is 0.789. The van der Waals surface area contributed by atoms with E-state index in [2.05, 4.69) is 0 Å². The first-order chi connectivity index (χ1) is 5.33. The molecular formula is C8H12O3. The lowest BCUT2D eigenvalue weighted by Gasteiger charge is -2.36. The van der Waals surface area contributed by atoms with Crippen LogP contribution >= 0.6 is 0 Å². The molecule has 0 aromatic carbocycles. The highest BCUT2D eigenvalue weighted by atomic mass is 16.7. The quantitative estimate of drug-likeness (QED) is 0.547. The van der Waals surface area contributed by atoms with Crippen LogP contribution in [0.2, 0.25) is 0 Å². The van der Waals surface area contributed by atoms with E-state index in [0.29, 0.717) is 12.0 Å². The summed E-state index contributed by atoms with van der Waals surface area (Å²) in [5.41, 5.74) is 0. The summed E-state index contributed by atoms with van der Waals surface area (Å²) in [5.74, 6) is 0.360. The van der Waals surface area contributed by atoms with Crippen LogP contribution in [-0.4, -0.2) is 29.7 Å². The fourth-order valence-electron chi connectivity index (χ4n) is 2.57. The molecule has 62 valence electrons. The van der Waals surface area contributed by atoms with Crippen molar-refractivity contribution in [2.75, 3.05) is 0 Å². The molecule has 3 bridgehead atoms. The summed E-state index contributed by atoms with van der Waals surface area (Å²) in [5, 5.41) is 9.62. The number of hydrogen-bond acceptors (Lipinski definition) is 3. The Morgan fingerprint density at radius 2 is 2.00 bits per heavy atom. The summed E-state index contributed by atoms with van der Waals surface area (Å²) in [6.07, 6.45) is 3.11. The van der Waals surface area contributed by atoms with Crippen LogP contribution in [0.1, 0.15) is 19.3 Å². The summed E-state index contributed by atoms with van der Waals surface area (Å²) < 4.78 is 11.1. The van der Waals surface area contributed by atoms with Crippen molar-refractivity contribution in [2.45, 2.75) is 43.9 Å². The van der Waals surface area contributed by atoms with Crippen molar-refractivity contribution < 1.29 is 14.6 Å². The highest BCUT2D eigenvalue weighted by Gasteiger charge is 2.50. The lowest BCUT2D eigenvalue weighted by molar-refractivity contribution is -0.227. The Bertz CT molecular complexity index is 177. The van der Waals surface area contributed by atoms with E-state index in [4.69, 9.17) is 9.47 Å². The van der Waals surface area contributed by atoms with Crippen molar-refractivity contribution in [2.24, 2.45) is 5.92 Å². The maximum atomic E-state index is 9.62. The van der Waals surface area contributed by atoms with Crippen LogP contribution in [0.25, 0.3) is 0 Å². The van der Waals surface area contributed by atoms with Gasteiger partial charge in [-0.05, 0) is 0 Å². The van der Waals surface area contributed by atoms with Gasteiger partial charge < -0.3 is 14.6 Å². The van der Waals surface area contributed by atoms with Crippen LogP contribution in [0.4, 0.5) is 0 Å². The van der Waals surface area contributed by atoms with Crippen LogP contribution < -0.4 is 0 Å². The SMILES string of the molecule is OC1CC2CC3OC(CC13)O2. The Hall–Kier alpha value is -0.120. The Kier molecular flexibility index (Phi) is 1.15. The maximum absolute atomic E-state index is 9.62. The number of rotatable bonds is 0. The zero-order valence-electron chi connectivity index (χ0n) is 6.27. The van der Waals surface area contributed by atoms with E-state index in [1.807, 2.05) is 0 Å². The van der Waals surface area contributed by atoms with Gasteiger partial charge in [0.2, 0.25) is 0 Å². The molecular weight excluding hydrogens is 144 g/mol. The second-order valence-electron chi connectivity index (χ2n) is 3.80. The minimum Gasteiger partial charge on any atom is -0.393 e. The number of ether oxygens (including phenoxy) is 2. The molecule has 3 nitrogen and oxygen atoms in total. The molecule has 2 aliphatic heterocycles. The third-order valence-electron chi connectivity index (χ3n) is 3.11. The Labute approximate surface area is 65.3 Å². The first-order valence-electron chi connectivity index (χ1n) is 4.32. The summed E-state index contributed by atoms with van der Waals surface area (Å²) in [7, 11) is 0. The van der Waals surface area contributed by atoms with Gasteiger partial charge in [0.15, 0.2) is 6.29 Å². The summed E-state index contributed by atoms with van der Waals surface area (Å²) in [4.78, 5) is 0. The normalized spacial score (nSPS) is 60.3. The van der Waals surface area contributed by atoms with E-state index in [9.17, 15) is 5.11 Å². The van der Waals surface area contributed by atoms with E-state index >= 15 is 0 Å². The second-order valence-corrected chi connectivity index (χ2v) is 3.80. The first kappa shape index (κ1) is 6.40. The van der Waals surface area contributed by atoms with Gasteiger partial charge in [-0.25, -0.2) is 0 Å². The number of aliphatic hydroxyl groups is 1. The monoisotopic (exact) mass is 156 g/mol. The Balaban J connectivity index is 1.94. The number of fused-ring (bicyclic) bond motifs is 2. The average molecular weight is 156 g/mol. The molecule has 1 saturated carbocycles. The predicted octanol–water partition coefficient (Wildman–Crippen LogP) is 0.271. The Morgan fingerprint density at radius 3 is 2.91 bits per heavy atom. The molecule has 1 N–H and O–H groups in total. The van der Waals surface area contributed by atoms with Gasteiger partial charge in [-0.3, -0.25) is 0 Å². The number of hydrogen-bond donors (Lipinski definition) is 1. The third-order valence-corrected chi connectivity index (χ3v) is 3.11. The van der Waals surface area contributed by atoms with E-state index in [0.717, 1.165) is 19.3 Å². The van der Waals surface area contributed by atoms with Gasteiger partial charge in [0, 0.05) is 25.2 Å². The van der Waals surface area contributed by atoms with Crippen LogP contribution in [0, 0.1) is 5.92 Å². The highest BCUT2D eigenvalue weighted by molar-refractivity contribution is 4.95. The van der Waals surface area contributed by atoms with Gasteiger partial charge in [0.25, 0.3) is 0 Å². The van der Waals surface area contributed by atoms with E-state index in [-0.39, 0.29) is 18.5 Å². The van der Waals surface area contributed by atoms with E-state index < -0.39 is 0 Å². The minimum atomic E-state index is -0.175. The van der Waals surface area contributed by atoms with Crippen LogP contribution in [0.3, 0.4) is 0 Å². The van der Waals surface area contributed by atoms with E-state index in [1.165, 1.54) is 0 Å². The highest BCUT2D eigenvalue weighted by Crippen LogP contribution is 2.44. The molecule has 0 radical (unpaired) electrons. The van der Waals surface area contributed by atoms with Crippen molar-refractivity contribution in [3.63, 3.8) is 0 Å². The van der Waals surface area contributed by atoms with Gasteiger partial charge >= 0.3 is 0 Å². The lowest BCUT2D eigenvalue weighted by Crippen LogP contribution is -2.42. The van der Waals surface area contributed by atoms with Crippen LogP contribution in [-0.2, 0) is 9.47 Å². The van der Waals surface area contributed by atoms with Crippen LogP contribution in [0.5, 0.6) is 0 Å². The minimum absolute atomic E-state index is 0.000833. The summed E-state index contributed by atoms with van der Waals surface area (Å²) >= 11 is 0. The molecule has 0 amide bonds. The average Bonchev–Trinajstić information content (AvgIpc) is 2.19. The molecule has 1 aliphatic carbocycles. The second kappa shape index (κ2) is 1.97. The molecule has 5 unspecified atom stereocenters. The summed E-state index contributed by atoms with van der Waals surface area (Å²) in [6.45, 7) is 0. The molecule has 11 heavy (non-hydrogen) atoms. The van der Waals surface area contributed by atoms with Crippen molar-refractivity contribution in [3.05, 3.63) is 0 Å². The molecule has 2 saturated heterocycles. The zero-order valence-corrected chi connectivity index (χ0v) is 6.27. The lowest BCUT2D eigenvalue weighted by atomic mass is 9.83. The molecule has 0 aromatic rings. The molecule has 5 atom stereocenters. The maximum Gasteiger partial charge on any atom is 0.158 e. The standard InChI is InChI=1S/C8H12O3/c9-6-1-4-2-7-5(6)3-8(10-4)11-7/h4-9H,1-3H2. The molecule has 3 rings (SSSR count). The van der Waals surface area contributed by atoms with Gasteiger partial charge in [-0.2, -0.15) is 0 Å². The Morgan fingerprint density at radius 1 is 1.09 bits per heavy atom. The fourth-order valence-corrected chi connectivity index (χ4v) is 2.57. The molecule has 0 spiro atoms. The molecule has 3 aliphatic rings. The van der Waals surface area contributed by atoms with Crippen LogP contribution in [0.15, 0.2) is 0 Å². The number of aliphatic hydroxyl groups excluding tert-OH is 1. The van der Waals surface area contributed by atoms with Crippen molar-refractivity contribution >= 4 is 0 Å². The predicted molar refractivity (Wildman–Crippen MR) is 36.9 cm³/mol. The largest absolute Gasteiger partial charge is 0.393 e.